The Morgan fingerprint density at radius 2 is 1.10 bits per heavy atom. The van der Waals surface area contributed by atoms with Crippen LogP contribution in [0.2, 0.25) is 10.0 Å². The summed E-state index contributed by atoms with van der Waals surface area (Å²) in [5, 5.41) is 1.39. The fourth-order valence-electron chi connectivity index (χ4n) is 2.48. The summed E-state index contributed by atoms with van der Waals surface area (Å²) in [5.74, 6) is 0. The van der Waals surface area contributed by atoms with Crippen molar-refractivity contribution in [1.29, 1.82) is 0 Å². The second kappa shape index (κ2) is 5.09. The van der Waals surface area contributed by atoms with Crippen molar-refractivity contribution in [1.82, 2.24) is 0 Å². The van der Waals surface area contributed by atoms with Crippen molar-refractivity contribution in [2.75, 3.05) is 23.9 Å². The Morgan fingerprint density at radius 1 is 0.750 bits per heavy atom. The number of fused-ring (bicyclic) bond motifs is 2. The number of anilines is 4. The number of benzene rings is 2. The molecule has 2 aromatic carbocycles. The predicted octanol–water partition coefficient (Wildman–Crippen LogP) is 6.37. The van der Waals surface area contributed by atoms with Crippen LogP contribution >= 0.6 is 55.1 Å². The summed E-state index contributed by atoms with van der Waals surface area (Å²) >= 11 is 19.9. The van der Waals surface area contributed by atoms with Gasteiger partial charge in [0, 0.05) is 23.0 Å². The Bertz CT molecular complexity index is 657. The Morgan fingerprint density at radius 3 is 1.45 bits per heavy atom. The lowest BCUT2D eigenvalue weighted by molar-refractivity contribution is 1.09. The maximum Gasteiger partial charge on any atom is 0.0850 e. The van der Waals surface area contributed by atoms with Crippen molar-refractivity contribution in [3.05, 3.63) is 43.3 Å². The summed E-state index contributed by atoms with van der Waals surface area (Å²) in [4.78, 5) is 4.13. The number of hydrogen-bond donors (Lipinski definition) is 0. The standard InChI is InChI=1S/C14H10Br2Cl2N2/c1-19-9-5-3-8(16)12(18)14(9)20(2)10-6-4-7(15)11(17)13(10)19/h3-6H,1-2H3. The zero-order chi connectivity index (χ0) is 14.6. The van der Waals surface area contributed by atoms with Gasteiger partial charge in [0.15, 0.2) is 0 Å². The van der Waals surface area contributed by atoms with Gasteiger partial charge < -0.3 is 9.80 Å². The molecule has 0 bridgehead atoms. The molecule has 2 aromatic rings. The molecule has 0 spiro atoms. The van der Waals surface area contributed by atoms with Gasteiger partial charge in [-0.3, -0.25) is 0 Å². The molecule has 0 amide bonds. The van der Waals surface area contributed by atoms with Crippen molar-refractivity contribution < 1.29 is 0 Å². The van der Waals surface area contributed by atoms with Crippen molar-refractivity contribution in [3.63, 3.8) is 0 Å². The van der Waals surface area contributed by atoms with Crippen molar-refractivity contribution in [2.24, 2.45) is 0 Å². The van der Waals surface area contributed by atoms with E-state index in [1.807, 2.05) is 38.4 Å². The first kappa shape index (κ1) is 14.5. The van der Waals surface area contributed by atoms with Crippen LogP contribution in [0.4, 0.5) is 22.7 Å². The third-order valence-corrected chi connectivity index (χ3v) is 6.03. The van der Waals surface area contributed by atoms with Crippen LogP contribution in [0.15, 0.2) is 33.2 Å². The molecule has 20 heavy (non-hydrogen) atoms. The molecule has 2 nitrogen and oxygen atoms in total. The normalized spacial score (nSPS) is 13.3. The Balaban J connectivity index is 2.33. The maximum absolute atomic E-state index is 6.45. The van der Waals surface area contributed by atoms with Crippen LogP contribution < -0.4 is 9.80 Å². The van der Waals surface area contributed by atoms with Gasteiger partial charge in [0.1, 0.15) is 0 Å². The lowest BCUT2D eigenvalue weighted by atomic mass is 10.1. The first-order valence-corrected chi connectivity index (χ1v) is 8.21. The smallest absolute Gasteiger partial charge is 0.0850 e. The van der Waals surface area contributed by atoms with Crippen molar-refractivity contribution in [2.45, 2.75) is 0 Å². The van der Waals surface area contributed by atoms with E-state index in [9.17, 15) is 0 Å². The van der Waals surface area contributed by atoms with E-state index in [2.05, 4.69) is 41.7 Å². The minimum absolute atomic E-state index is 0.696. The Labute approximate surface area is 144 Å². The largest absolute Gasteiger partial charge is 0.340 e. The van der Waals surface area contributed by atoms with E-state index in [1.165, 1.54) is 0 Å². The van der Waals surface area contributed by atoms with E-state index in [0.717, 1.165) is 31.7 Å². The first-order chi connectivity index (χ1) is 9.43. The quantitative estimate of drug-likeness (QED) is 0.473. The van der Waals surface area contributed by atoms with Crippen LogP contribution in [0.5, 0.6) is 0 Å². The second-order valence-corrected chi connectivity index (χ2v) is 7.04. The van der Waals surface area contributed by atoms with Crippen LogP contribution in [-0.4, -0.2) is 14.1 Å². The molecule has 0 saturated carbocycles. The monoisotopic (exact) mass is 434 g/mol. The second-order valence-electron chi connectivity index (χ2n) is 4.58. The number of hydrogen-bond acceptors (Lipinski definition) is 2. The lowest BCUT2D eigenvalue weighted by Crippen LogP contribution is -2.25. The van der Waals surface area contributed by atoms with Gasteiger partial charge in [0.05, 0.1) is 32.8 Å². The molecule has 1 aliphatic rings. The van der Waals surface area contributed by atoms with Gasteiger partial charge in [-0.05, 0) is 56.1 Å². The average Bonchev–Trinajstić information content (AvgIpc) is 2.42. The van der Waals surface area contributed by atoms with E-state index >= 15 is 0 Å². The summed E-state index contributed by atoms with van der Waals surface area (Å²) in [6, 6.07) is 7.95. The lowest BCUT2D eigenvalue weighted by Gasteiger charge is -2.38. The molecule has 1 heterocycles. The van der Waals surface area contributed by atoms with Gasteiger partial charge in [0.25, 0.3) is 0 Å². The molecule has 0 atom stereocenters. The van der Waals surface area contributed by atoms with E-state index in [1.54, 1.807) is 0 Å². The Hall–Kier alpha value is -0.420. The summed E-state index contributed by atoms with van der Waals surface area (Å²) in [6.45, 7) is 0. The van der Waals surface area contributed by atoms with Crippen molar-refractivity contribution >= 4 is 77.8 Å². The molecule has 6 heteroatoms. The molecule has 0 radical (unpaired) electrons. The minimum atomic E-state index is 0.696. The molecular weight excluding hydrogens is 427 g/mol. The van der Waals surface area contributed by atoms with Gasteiger partial charge in [0.2, 0.25) is 0 Å². The number of rotatable bonds is 0. The number of nitrogens with zero attached hydrogens (tertiary/aromatic N) is 2. The van der Waals surface area contributed by atoms with Gasteiger partial charge >= 0.3 is 0 Å². The highest BCUT2D eigenvalue weighted by Gasteiger charge is 2.29. The van der Waals surface area contributed by atoms with Crippen LogP contribution in [0.25, 0.3) is 0 Å². The third-order valence-electron chi connectivity index (χ3n) is 3.49. The van der Waals surface area contributed by atoms with E-state index in [-0.39, 0.29) is 0 Å². The van der Waals surface area contributed by atoms with E-state index in [4.69, 9.17) is 23.2 Å². The fraction of sp³-hybridized carbons (Fsp3) is 0.143. The molecule has 0 saturated heterocycles. The predicted molar refractivity (Wildman–Crippen MR) is 94.4 cm³/mol. The van der Waals surface area contributed by atoms with Gasteiger partial charge in [-0.15, -0.1) is 0 Å². The maximum atomic E-state index is 6.45. The van der Waals surface area contributed by atoms with Crippen molar-refractivity contribution in [3.8, 4) is 0 Å². The van der Waals surface area contributed by atoms with Crippen LogP contribution in [0.3, 0.4) is 0 Å². The first-order valence-electron chi connectivity index (χ1n) is 5.87. The van der Waals surface area contributed by atoms with E-state index in [0.29, 0.717) is 10.0 Å². The number of halogens is 4. The van der Waals surface area contributed by atoms with E-state index < -0.39 is 0 Å². The highest BCUT2D eigenvalue weighted by atomic mass is 79.9. The summed E-state index contributed by atoms with van der Waals surface area (Å²) in [7, 11) is 3.99. The molecule has 0 unspecified atom stereocenters. The third kappa shape index (κ3) is 1.97. The molecule has 104 valence electrons. The Kier molecular flexibility index (Phi) is 3.70. The zero-order valence-electron chi connectivity index (χ0n) is 10.7. The molecule has 3 rings (SSSR count). The average molecular weight is 437 g/mol. The molecular formula is C14H10Br2Cl2N2. The van der Waals surface area contributed by atoms with Gasteiger partial charge in [-0.1, -0.05) is 23.2 Å². The summed E-state index contributed by atoms with van der Waals surface area (Å²) < 4.78 is 1.76. The SMILES string of the molecule is CN1c2ccc(Br)c(Cl)c2N(C)c2ccc(Br)c(Cl)c21. The molecule has 1 aliphatic heterocycles. The highest BCUT2D eigenvalue weighted by Crippen LogP contribution is 2.54. The summed E-state index contributed by atoms with van der Waals surface area (Å²) in [5.41, 5.74) is 3.98. The van der Waals surface area contributed by atoms with Crippen LogP contribution in [0.1, 0.15) is 0 Å². The molecule has 0 aliphatic carbocycles. The highest BCUT2D eigenvalue weighted by molar-refractivity contribution is 9.10. The van der Waals surface area contributed by atoms with Gasteiger partial charge in [-0.25, -0.2) is 0 Å². The molecule has 0 aromatic heterocycles. The zero-order valence-corrected chi connectivity index (χ0v) is 15.4. The van der Waals surface area contributed by atoms with Gasteiger partial charge in [-0.2, -0.15) is 0 Å². The van der Waals surface area contributed by atoms with Crippen LogP contribution in [0, 0.1) is 0 Å². The summed E-state index contributed by atoms with van der Waals surface area (Å²) in [6.07, 6.45) is 0. The molecule has 0 fully saturated rings. The minimum Gasteiger partial charge on any atom is -0.340 e. The fourth-order valence-corrected chi connectivity index (χ4v) is 3.69. The molecule has 0 N–H and O–H groups in total. The topological polar surface area (TPSA) is 6.48 Å². The van der Waals surface area contributed by atoms with Crippen LogP contribution in [-0.2, 0) is 0 Å².